The Labute approximate surface area is 171 Å². The van der Waals surface area contributed by atoms with E-state index in [2.05, 4.69) is 25.7 Å². The number of fused-ring (bicyclic) bond motifs is 1. The molecular weight excluding hydrogens is 392 g/mol. The second-order valence-corrected chi connectivity index (χ2v) is 6.74. The van der Waals surface area contributed by atoms with Gasteiger partial charge in [0.1, 0.15) is 5.75 Å². The molecule has 0 radical (unpaired) electrons. The summed E-state index contributed by atoms with van der Waals surface area (Å²) in [5.74, 6) is 1.55. The Balaban J connectivity index is 1.47. The van der Waals surface area contributed by atoms with Crippen molar-refractivity contribution in [2.24, 2.45) is 0 Å². The van der Waals surface area contributed by atoms with Gasteiger partial charge in [0, 0.05) is 12.6 Å². The van der Waals surface area contributed by atoms with Crippen molar-refractivity contribution in [1.82, 2.24) is 19.6 Å². The molecule has 3 N–H and O–H groups in total. The molecule has 0 fully saturated rings. The van der Waals surface area contributed by atoms with Crippen molar-refractivity contribution in [3.63, 3.8) is 0 Å². The quantitative estimate of drug-likeness (QED) is 0.432. The number of nitrogens with one attached hydrogen (secondary N) is 3. The van der Waals surface area contributed by atoms with Gasteiger partial charge in [-0.25, -0.2) is 4.98 Å². The highest BCUT2D eigenvalue weighted by Gasteiger charge is 2.09. The maximum absolute atomic E-state index is 12.4. The molecule has 0 aliphatic carbocycles. The monoisotopic (exact) mass is 410 g/mol. The fourth-order valence-electron chi connectivity index (χ4n) is 2.82. The van der Waals surface area contributed by atoms with Crippen molar-refractivity contribution < 1.29 is 4.74 Å². The minimum Gasteiger partial charge on any atom is -0.497 e. The van der Waals surface area contributed by atoms with Crippen LogP contribution >= 0.6 is 11.6 Å². The standard InChI is InChI=1S/C20H19ClN6O2/c1-29-15-8-6-13(7-9-15)11-23-19-25-20-24-14(10-18(28)27(20)26-19)12-22-17-5-3-2-4-16(17)21/h2-10,22H,11-12H2,1H3,(H2,23,24,25,26). The molecule has 9 heteroatoms. The lowest BCUT2D eigenvalue weighted by Crippen LogP contribution is -2.17. The van der Waals surface area contributed by atoms with Crippen LogP contribution in [-0.4, -0.2) is 26.7 Å². The van der Waals surface area contributed by atoms with E-state index >= 15 is 0 Å². The van der Waals surface area contributed by atoms with Gasteiger partial charge < -0.3 is 15.4 Å². The van der Waals surface area contributed by atoms with Crippen LogP contribution in [0, 0.1) is 0 Å². The van der Waals surface area contributed by atoms with Gasteiger partial charge in [0.25, 0.3) is 11.3 Å². The van der Waals surface area contributed by atoms with Crippen LogP contribution in [0.5, 0.6) is 5.75 Å². The van der Waals surface area contributed by atoms with Crippen LogP contribution in [0.1, 0.15) is 11.3 Å². The third kappa shape index (κ3) is 4.33. The summed E-state index contributed by atoms with van der Waals surface area (Å²) < 4.78 is 6.45. The van der Waals surface area contributed by atoms with Crippen molar-refractivity contribution in [3.8, 4) is 5.75 Å². The van der Waals surface area contributed by atoms with Gasteiger partial charge in [-0.2, -0.15) is 9.50 Å². The Morgan fingerprint density at radius 3 is 2.62 bits per heavy atom. The summed E-state index contributed by atoms with van der Waals surface area (Å²) >= 11 is 6.14. The molecule has 0 spiro atoms. The molecule has 0 atom stereocenters. The molecule has 0 saturated heterocycles. The molecule has 0 bridgehead atoms. The molecule has 0 aliphatic rings. The lowest BCUT2D eigenvalue weighted by molar-refractivity contribution is 0.414. The number of H-pyrrole nitrogens is 1. The fraction of sp³-hybridized carbons (Fsp3) is 0.150. The minimum atomic E-state index is -0.240. The van der Waals surface area contributed by atoms with E-state index in [0.29, 0.717) is 35.5 Å². The molecule has 0 amide bonds. The average Bonchev–Trinajstić information content (AvgIpc) is 3.16. The number of anilines is 2. The Kier molecular flexibility index (Phi) is 5.35. The molecule has 4 aromatic rings. The number of rotatable bonds is 7. The van der Waals surface area contributed by atoms with Crippen molar-refractivity contribution >= 4 is 29.0 Å². The van der Waals surface area contributed by atoms with Crippen LogP contribution < -0.4 is 20.9 Å². The van der Waals surface area contributed by atoms with Gasteiger partial charge in [-0.15, -0.1) is 0 Å². The van der Waals surface area contributed by atoms with E-state index in [9.17, 15) is 4.79 Å². The van der Waals surface area contributed by atoms with E-state index < -0.39 is 0 Å². The predicted octanol–water partition coefficient (Wildman–Crippen LogP) is 3.30. The highest BCUT2D eigenvalue weighted by atomic mass is 35.5. The van der Waals surface area contributed by atoms with Gasteiger partial charge in [0.15, 0.2) is 0 Å². The smallest absolute Gasteiger partial charge is 0.274 e. The summed E-state index contributed by atoms with van der Waals surface area (Å²) in [6.45, 7) is 0.899. The molecular formula is C20H19ClN6O2. The zero-order valence-corrected chi connectivity index (χ0v) is 16.4. The summed E-state index contributed by atoms with van der Waals surface area (Å²) in [5.41, 5.74) is 2.16. The molecule has 2 heterocycles. The van der Waals surface area contributed by atoms with Crippen LogP contribution in [0.4, 0.5) is 11.6 Å². The molecule has 4 rings (SSSR count). The van der Waals surface area contributed by atoms with Crippen molar-refractivity contribution in [1.29, 1.82) is 0 Å². The van der Waals surface area contributed by atoms with E-state index in [1.165, 1.54) is 10.6 Å². The summed E-state index contributed by atoms with van der Waals surface area (Å²) in [6, 6.07) is 16.5. The van der Waals surface area contributed by atoms with E-state index in [-0.39, 0.29) is 5.56 Å². The zero-order valence-electron chi connectivity index (χ0n) is 15.6. The van der Waals surface area contributed by atoms with Gasteiger partial charge in [-0.1, -0.05) is 35.9 Å². The van der Waals surface area contributed by atoms with E-state index in [0.717, 1.165) is 17.0 Å². The molecule has 8 nitrogen and oxygen atoms in total. The highest BCUT2D eigenvalue weighted by molar-refractivity contribution is 6.33. The predicted molar refractivity (Wildman–Crippen MR) is 113 cm³/mol. The molecule has 0 aliphatic heterocycles. The summed E-state index contributed by atoms with van der Waals surface area (Å²) in [6.07, 6.45) is 0. The number of aromatic nitrogens is 4. The van der Waals surface area contributed by atoms with E-state index in [1.54, 1.807) is 13.2 Å². The maximum atomic E-state index is 12.4. The summed E-state index contributed by atoms with van der Waals surface area (Å²) in [5, 5.41) is 9.86. The first-order valence-corrected chi connectivity index (χ1v) is 9.34. The zero-order chi connectivity index (χ0) is 20.2. The molecule has 148 valence electrons. The van der Waals surface area contributed by atoms with Gasteiger partial charge in [-0.05, 0) is 29.8 Å². The number of para-hydroxylation sites is 1. The molecule has 2 aromatic carbocycles. The number of benzene rings is 2. The van der Waals surface area contributed by atoms with Crippen LogP contribution in [0.2, 0.25) is 5.02 Å². The topological polar surface area (TPSA) is 96.3 Å². The Hall–Kier alpha value is -3.52. The number of aromatic amines is 1. The number of halogens is 1. The minimum absolute atomic E-state index is 0.240. The van der Waals surface area contributed by atoms with Crippen LogP contribution in [0.3, 0.4) is 0 Å². The lowest BCUT2D eigenvalue weighted by atomic mass is 10.2. The summed E-state index contributed by atoms with van der Waals surface area (Å²) in [7, 11) is 1.63. The number of methoxy groups -OCH3 is 1. The van der Waals surface area contributed by atoms with Crippen molar-refractivity contribution in [3.05, 3.63) is 81.2 Å². The second kappa shape index (κ2) is 8.24. The molecule has 0 saturated carbocycles. The fourth-order valence-corrected chi connectivity index (χ4v) is 3.02. The normalized spacial score (nSPS) is 10.8. The molecule has 0 unspecified atom stereocenters. The third-order valence-corrected chi connectivity index (χ3v) is 4.67. The number of hydrogen-bond acceptors (Lipinski definition) is 6. The largest absolute Gasteiger partial charge is 0.497 e. The van der Waals surface area contributed by atoms with Crippen molar-refractivity contribution in [2.45, 2.75) is 13.1 Å². The molecule has 2 aromatic heterocycles. The second-order valence-electron chi connectivity index (χ2n) is 6.33. The maximum Gasteiger partial charge on any atom is 0.274 e. The Bertz CT molecular complexity index is 1190. The Morgan fingerprint density at radius 1 is 1.07 bits per heavy atom. The highest BCUT2D eigenvalue weighted by Crippen LogP contribution is 2.20. The van der Waals surface area contributed by atoms with Gasteiger partial charge >= 0.3 is 0 Å². The lowest BCUT2D eigenvalue weighted by Gasteiger charge is -2.07. The van der Waals surface area contributed by atoms with Crippen molar-refractivity contribution in [2.75, 3.05) is 17.7 Å². The van der Waals surface area contributed by atoms with Crippen LogP contribution in [0.15, 0.2) is 59.4 Å². The van der Waals surface area contributed by atoms with Crippen LogP contribution in [0.25, 0.3) is 5.78 Å². The van der Waals surface area contributed by atoms with Crippen LogP contribution in [-0.2, 0) is 13.1 Å². The number of nitrogens with zero attached hydrogens (tertiary/aromatic N) is 3. The van der Waals surface area contributed by atoms with Gasteiger partial charge in [-0.3, -0.25) is 9.89 Å². The third-order valence-electron chi connectivity index (χ3n) is 4.34. The van der Waals surface area contributed by atoms with Gasteiger partial charge in [0.05, 0.1) is 30.1 Å². The average molecular weight is 411 g/mol. The number of hydrogen-bond donors (Lipinski definition) is 3. The first kappa shape index (κ1) is 18.8. The first-order valence-electron chi connectivity index (χ1n) is 8.96. The Morgan fingerprint density at radius 2 is 1.86 bits per heavy atom. The molecule has 29 heavy (non-hydrogen) atoms. The summed E-state index contributed by atoms with van der Waals surface area (Å²) in [4.78, 5) is 21.2. The first-order chi connectivity index (χ1) is 14.1. The van der Waals surface area contributed by atoms with Gasteiger partial charge in [0.2, 0.25) is 5.95 Å². The number of ether oxygens (including phenoxy) is 1. The SMILES string of the molecule is COc1ccc(CNc2nc3nc(CNc4ccccc4Cl)cc(=O)n3[nH]2)cc1. The van der Waals surface area contributed by atoms with E-state index in [1.807, 2.05) is 42.5 Å². The van der Waals surface area contributed by atoms with E-state index in [4.69, 9.17) is 16.3 Å².